The van der Waals surface area contributed by atoms with Crippen LogP contribution in [0.5, 0.6) is 0 Å². The molecule has 2 aliphatic heterocycles. The number of hydrogen-bond donors (Lipinski definition) is 4. The lowest BCUT2D eigenvalue weighted by molar-refractivity contribution is -0.260. The van der Waals surface area contributed by atoms with E-state index in [1.54, 1.807) is 0 Å². The van der Waals surface area contributed by atoms with Crippen LogP contribution in [0.25, 0.3) is 0 Å². The van der Waals surface area contributed by atoms with Gasteiger partial charge in [0.2, 0.25) is 5.91 Å². The Bertz CT molecular complexity index is 374. The Morgan fingerprint density at radius 1 is 1.24 bits per heavy atom. The molecule has 7 heteroatoms. The van der Waals surface area contributed by atoms with Gasteiger partial charge in [0.15, 0.2) is 6.23 Å². The molecule has 2 fully saturated rings. The van der Waals surface area contributed by atoms with E-state index in [0.29, 0.717) is 18.9 Å². The number of rotatable bonds is 4. The molecule has 0 aliphatic carbocycles. The van der Waals surface area contributed by atoms with Gasteiger partial charge in [-0.05, 0) is 18.3 Å². The number of hydrogen-bond acceptors (Lipinski definition) is 6. The molecular weight excluding hydrogens is 278 g/mol. The first-order chi connectivity index (χ1) is 9.85. The SMILES string of the molecule is CC(C)C[C@@H]1CC(=O)N([C@@H]2O[C@H](CO)[C@@H](O)[C@H](O)[C@H]2O)C1. The van der Waals surface area contributed by atoms with Crippen LogP contribution in [0.4, 0.5) is 0 Å². The third kappa shape index (κ3) is 3.37. The van der Waals surface area contributed by atoms with E-state index in [9.17, 15) is 25.2 Å². The van der Waals surface area contributed by atoms with Gasteiger partial charge in [0.05, 0.1) is 6.61 Å². The van der Waals surface area contributed by atoms with E-state index in [1.165, 1.54) is 4.90 Å². The van der Waals surface area contributed by atoms with Crippen molar-refractivity contribution in [1.29, 1.82) is 0 Å². The number of nitrogens with zero attached hydrogens (tertiary/aromatic N) is 1. The van der Waals surface area contributed by atoms with Crippen molar-refractivity contribution in [2.24, 2.45) is 11.8 Å². The number of amides is 1. The van der Waals surface area contributed by atoms with Crippen LogP contribution in [-0.4, -0.2) is 75.0 Å². The first-order valence-electron chi connectivity index (χ1n) is 7.45. The van der Waals surface area contributed by atoms with Gasteiger partial charge in [0, 0.05) is 13.0 Å². The molecule has 0 bridgehead atoms. The summed E-state index contributed by atoms with van der Waals surface area (Å²) < 4.78 is 5.43. The number of aliphatic hydroxyl groups excluding tert-OH is 4. The predicted octanol–water partition coefficient (Wildman–Crippen LogP) is -1.32. The lowest BCUT2D eigenvalue weighted by Gasteiger charge is -2.43. The first kappa shape index (κ1) is 16.6. The molecule has 0 unspecified atom stereocenters. The molecule has 21 heavy (non-hydrogen) atoms. The average Bonchev–Trinajstić information content (AvgIpc) is 2.76. The predicted molar refractivity (Wildman–Crippen MR) is 73.0 cm³/mol. The second-order valence-corrected chi connectivity index (χ2v) is 6.47. The Balaban J connectivity index is 2.08. The molecule has 2 aliphatic rings. The molecule has 2 heterocycles. The molecule has 0 aromatic rings. The smallest absolute Gasteiger partial charge is 0.225 e. The molecule has 7 nitrogen and oxygen atoms in total. The van der Waals surface area contributed by atoms with Crippen molar-refractivity contribution in [2.45, 2.75) is 57.3 Å². The maximum atomic E-state index is 12.1. The second-order valence-electron chi connectivity index (χ2n) is 6.47. The molecule has 122 valence electrons. The molecule has 4 N–H and O–H groups in total. The van der Waals surface area contributed by atoms with Crippen LogP contribution in [0, 0.1) is 11.8 Å². The lowest BCUT2D eigenvalue weighted by Crippen LogP contribution is -2.63. The van der Waals surface area contributed by atoms with Crippen LogP contribution in [-0.2, 0) is 9.53 Å². The Labute approximate surface area is 124 Å². The normalized spacial score (nSPS) is 41.1. The molecule has 6 atom stereocenters. The highest BCUT2D eigenvalue weighted by Gasteiger charge is 2.48. The summed E-state index contributed by atoms with van der Waals surface area (Å²) in [6.45, 7) is 4.14. The summed E-state index contributed by atoms with van der Waals surface area (Å²) in [5.74, 6) is 0.535. The van der Waals surface area contributed by atoms with Crippen molar-refractivity contribution in [3.8, 4) is 0 Å². The largest absolute Gasteiger partial charge is 0.394 e. The highest BCUT2D eigenvalue weighted by Crippen LogP contribution is 2.31. The van der Waals surface area contributed by atoms with E-state index in [2.05, 4.69) is 13.8 Å². The summed E-state index contributed by atoms with van der Waals surface area (Å²) >= 11 is 0. The van der Waals surface area contributed by atoms with Gasteiger partial charge in [0.25, 0.3) is 0 Å². The lowest BCUT2D eigenvalue weighted by atomic mass is 9.96. The summed E-state index contributed by atoms with van der Waals surface area (Å²) in [7, 11) is 0. The third-order valence-electron chi connectivity index (χ3n) is 4.22. The van der Waals surface area contributed by atoms with Crippen molar-refractivity contribution in [2.75, 3.05) is 13.2 Å². The number of ether oxygens (including phenoxy) is 1. The van der Waals surface area contributed by atoms with Crippen LogP contribution in [0.2, 0.25) is 0 Å². The fraction of sp³-hybridized carbons (Fsp3) is 0.929. The van der Waals surface area contributed by atoms with Crippen LogP contribution in [0.3, 0.4) is 0 Å². The molecule has 0 aromatic heterocycles. The van der Waals surface area contributed by atoms with Gasteiger partial charge < -0.3 is 30.1 Å². The average molecular weight is 303 g/mol. The zero-order valence-electron chi connectivity index (χ0n) is 12.4. The molecular formula is C14H25NO6. The Hall–Kier alpha value is -0.730. The molecule has 0 aromatic carbocycles. The molecule has 0 radical (unpaired) electrons. The Kier molecular flexibility index (Phi) is 5.21. The van der Waals surface area contributed by atoms with Crippen molar-refractivity contribution in [1.82, 2.24) is 4.90 Å². The Morgan fingerprint density at radius 2 is 1.90 bits per heavy atom. The van der Waals surface area contributed by atoms with Crippen LogP contribution >= 0.6 is 0 Å². The zero-order valence-corrected chi connectivity index (χ0v) is 12.4. The summed E-state index contributed by atoms with van der Waals surface area (Å²) in [5.41, 5.74) is 0. The number of carbonyl (C=O) groups is 1. The monoisotopic (exact) mass is 303 g/mol. The summed E-state index contributed by atoms with van der Waals surface area (Å²) in [6.07, 6.45) is -4.93. The number of likely N-dealkylation sites (tertiary alicyclic amines) is 1. The van der Waals surface area contributed by atoms with Crippen molar-refractivity contribution < 1.29 is 30.0 Å². The fourth-order valence-electron chi connectivity index (χ4n) is 3.22. The first-order valence-corrected chi connectivity index (χ1v) is 7.45. The Morgan fingerprint density at radius 3 is 2.48 bits per heavy atom. The van der Waals surface area contributed by atoms with Crippen molar-refractivity contribution in [3.05, 3.63) is 0 Å². The maximum Gasteiger partial charge on any atom is 0.225 e. The maximum absolute atomic E-state index is 12.1. The number of carbonyl (C=O) groups excluding carboxylic acids is 1. The van der Waals surface area contributed by atoms with Gasteiger partial charge >= 0.3 is 0 Å². The minimum atomic E-state index is -1.45. The van der Waals surface area contributed by atoms with E-state index in [-0.39, 0.29) is 11.8 Å². The van der Waals surface area contributed by atoms with E-state index >= 15 is 0 Å². The van der Waals surface area contributed by atoms with Crippen molar-refractivity contribution in [3.63, 3.8) is 0 Å². The van der Waals surface area contributed by atoms with Gasteiger partial charge in [-0.2, -0.15) is 0 Å². The molecule has 2 saturated heterocycles. The van der Waals surface area contributed by atoms with Gasteiger partial charge in [-0.25, -0.2) is 0 Å². The summed E-state index contributed by atoms with van der Waals surface area (Å²) in [4.78, 5) is 13.5. The van der Waals surface area contributed by atoms with Gasteiger partial charge in [-0.3, -0.25) is 4.79 Å². The molecule has 0 spiro atoms. The van der Waals surface area contributed by atoms with Gasteiger partial charge in [-0.1, -0.05) is 13.8 Å². The minimum absolute atomic E-state index is 0.134. The standard InChI is InChI=1S/C14H25NO6/c1-7(2)3-8-4-10(17)15(5-8)14-13(20)12(19)11(18)9(6-16)21-14/h7-9,11-14,16,18-20H,3-6H2,1-2H3/t8-,9-,11-,12+,13-,14-/m1/s1. The topological polar surface area (TPSA) is 110 Å². The van der Waals surface area contributed by atoms with Crippen molar-refractivity contribution >= 4 is 5.91 Å². The summed E-state index contributed by atoms with van der Waals surface area (Å²) in [5, 5.41) is 38.8. The number of aliphatic hydroxyl groups is 4. The van der Waals surface area contributed by atoms with Gasteiger partial charge in [-0.15, -0.1) is 0 Å². The molecule has 1 amide bonds. The van der Waals surface area contributed by atoms with E-state index < -0.39 is 37.3 Å². The molecule has 2 rings (SSSR count). The van der Waals surface area contributed by atoms with Gasteiger partial charge in [0.1, 0.15) is 24.4 Å². The second kappa shape index (κ2) is 6.58. The fourth-order valence-corrected chi connectivity index (χ4v) is 3.22. The van der Waals surface area contributed by atoms with E-state index in [1.807, 2.05) is 0 Å². The van der Waals surface area contributed by atoms with E-state index in [0.717, 1.165) is 6.42 Å². The van der Waals surface area contributed by atoms with Crippen LogP contribution in [0.1, 0.15) is 26.7 Å². The van der Waals surface area contributed by atoms with Crippen LogP contribution < -0.4 is 0 Å². The third-order valence-corrected chi connectivity index (χ3v) is 4.22. The van der Waals surface area contributed by atoms with E-state index in [4.69, 9.17) is 4.74 Å². The minimum Gasteiger partial charge on any atom is -0.394 e. The van der Waals surface area contributed by atoms with Crippen LogP contribution in [0.15, 0.2) is 0 Å². The zero-order chi connectivity index (χ0) is 15.7. The summed E-state index contributed by atoms with van der Waals surface area (Å²) in [6, 6.07) is 0. The molecule has 0 saturated carbocycles. The quantitative estimate of drug-likeness (QED) is 0.513. The highest BCUT2D eigenvalue weighted by atomic mass is 16.6. The highest BCUT2D eigenvalue weighted by molar-refractivity contribution is 5.78.